The first-order chi connectivity index (χ1) is 12.1. The molecule has 1 aromatic heterocycles. The summed E-state index contributed by atoms with van der Waals surface area (Å²) in [7, 11) is 0. The number of imide groups is 1. The molecule has 0 saturated carbocycles. The Labute approximate surface area is 141 Å². The van der Waals surface area contributed by atoms with E-state index >= 15 is 0 Å². The quantitative estimate of drug-likeness (QED) is 0.576. The van der Waals surface area contributed by atoms with Crippen molar-refractivity contribution in [3.05, 3.63) is 77.6 Å². The minimum Gasteiger partial charge on any atom is -0.288 e. The normalized spacial score (nSPS) is 15.2. The van der Waals surface area contributed by atoms with Crippen molar-refractivity contribution in [1.82, 2.24) is 20.1 Å². The molecule has 1 aliphatic rings. The number of halogens is 1. The Morgan fingerprint density at radius 3 is 2.56 bits per heavy atom. The van der Waals surface area contributed by atoms with Gasteiger partial charge in [-0.3, -0.25) is 14.9 Å². The molecule has 3 aromatic rings. The third-order valence-corrected chi connectivity index (χ3v) is 3.88. The Balaban J connectivity index is 1.78. The van der Waals surface area contributed by atoms with Gasteiger partial charge in [0.25, 0.3) is 11.8 Å². The second kappa shape index (κ2) is 5.79. The highest BCUT2D eigenvalue weighted by molar-refractivity contribution is 6.33. The van der Waals surface area contributed by atoms with Crippen molar-refractivity contribution in [1.29, 1.82) is 0 Å². The summed E-state index contributed by atoms with van der Waals surface area (Å²) in [6.07, 6.45) is 4.26. The fourth-order valence-electron chi connectivity index (χ4n) is 2.72. The third-order valence-electron chi connectivity index (χ3n) is 3.88. The van der Waals surface area contributed by atoms with Gasteiger partial charge in [0, 0.05) is 11.1 Å². The zero-order valence-corrected chi connectivity index (χ0v) is 12.8. The average Bonchev–Trinajstić information content (AvgIpc) is 3.13. The van der Waals surface area contributed by atoms with Gasteiger partial charge in [-0.2, -0.15) is 5.10 Å². The second-order valence-corrected chi connectivity index (χ2v) is 5.44. The number of rotatable bonds is 2. The highest BCUT2D eigenvalue weighted by atomic mass is 19.1. The van der Waals surface area contributed by atoms with Gasteiger partial charge in [0.15, 0.2) is 0 Å². The van der Waals surface area contributed by atoms with E-state index in [-0.39, 0.29) is 5.69 Å². The lowest BCUT2D eigenvalue weighted by Gasteiger charge is -2.18. The van der Waals surface area contributed by atoms with Crippen LogP contribution in [0.4, 0.5) is 4.39 Å². The predicted molar refractivity (Wildman–Crippen MR) is 88.1 cm³/mol. The number of hydrogen-bond donors (Lipinski definition) is 1. The van der Waals surface area contributed by atoms with Crippen LogP contribution in [0.1, 0.15) is 21.5 Å². The van der Waals surface area contributed by atoms with E-state index in [1.165, 1.54) is 23.4 Å². The smallest absolute Gasteiger partial charge is 0.258 e. The molecule has 122 valence electrons. The van der Waals surface area contributed by atoms with Gasteiger partial charge < -0.3 is 0 Å². The first kappa shape index (κ1) is 14.9. The predicted octanol–water partition coefficient (Wildman–Crippen LogP) is 2.22. The van der Waals surface area contributed by atoms with Crippen molar-refractivity contribution in [3.8, 4) is 5.69 Å². The van der Waals surface area contributed by atoms with E-state index in [1.54, 1.807) is 42.5 Å². The fraction of sp³-hybridized carbons (Fsp3) is 0. The molecule has 0 unspecified atom stereocenters. The molecule has 2 aromatic carbocycles. The minimum atomic E-state index is -0.510. The van der Waals surface area contributed by atoms with Gasteiger partial charge in [0.1, 0.15) is 24.2 Å². The molecule has 0 spiro atoms. The van der Waals surface area contributed by atoms with Gasteiger partial charge in [-0.15, -0.1) is 0 Å². The number of benzene rings is 2. The van der Waals surface area contributed by atoms with Crippen LogP contribution in [0, 0.1) is 5.82 Å². The van der Waals surface area contributed by atoms with Gasteiger partial charge in [-0.1, -0.05) is 24.3 Å². The monoisotopic (exact) mass is 334 g/mol. The van der Waals surface area contributed by atoms with Crippen LogP contribution in [0.3, 0.4) is 0 Å². The summed E-state index contributed by atoms with van der Waals surface area (Å²) in [6, 6.07) is 11.3. The molecule has 2 amide bonds. The molecule has 0 saturated heterocycles. The maximum absolute atomic E-state index is 14.4. The van der Waals surface area contributed by atoms with E-state index < -0.39 is 17.6 Å². The van der Waals surface area contributed by atoms with Crippen LogP contribution in [0.25, 0.3) is 17.3 Å². The molecule has 7 heteroatoms. The number of hydrogen-bond acceptors (Lipinski definition) is 4. The zero-order chi connectivity index (χ0) is 17.4. The van der Waals surface area contributed by atoms with Crippen LogP contribution < -0.4 is 5.32 Å². The Bertz CT molecular complexity index is 1030. The summed E-state index contributed by atoms with van der Waals surface area (Å²) in [5.41, 5.74) is 1.99. The maximum Gasteiger partial charge on any atom is 0.258 e. The number of nitrogens with one attached hydrogen (secondary N) is 1. The van der Waals surface area contributed by atoms with Gasteiger partial charge in [0.05, 0.1) is 0 Å². The summed E-state index contributed by atoms with van der Waals surface area (Å²) < 4.78 is 15.7. The SMILES string of the molecule is O=C1NC(=O)c2ccccc2/C1=C/c1ccc(-n2cncn2)c(F)c1. The van der Waals surface area contributed by atoms with Crippen molar-refractivity contribution in [2.75, 3.05) is 0 Å². The summed E-state index contributed by atoms with van der Waals surface area (Å²) in [6.45, 7) is 0. The Morgan fingerprint density at radius 1 is 1.04 bits per heavy atom. The standard InChI is InChI=1S/C18H11FN4O2/c19-15-8-11(5-6-16(15)23-10-20-9-21-23)7-14-12-3-1-2-4-13(12)17(24)22-18(14)25/h1-10H,(H,22,24,25)/b14-7-. The number of nitrogens with zero attached hydrogens (tertiary/aromatic N) is 3. The van der Waals surface area contributed by atoms with Crippen LogP contribution in [-0.2, 0) is 4.79 Å². The van der Waals surface area contributed by atoms with Crippen LogP contribution in [-0.4, -0.2) is 26.6 Å². The van der Waals surface area contributed by atoms with Crippen molar-refractivity contribution >= 4 is 23.5 Å². The largest absolute Gasteiger partial charge is 0.288 e. The molecule has 1 aliphatic heterocycles. The summed E-state index contributed by atoms with van der Waals surface area (Å²) >= 11 is 0. The topological polar surface area (TPSA) is 76.9 Å². The number of aromatic nitrogens is 3. The Hall–Kier alpha value is -3.61. The zero-order valence-electron chi connectivity index (χ0n) is 12.8. The van der Waals surface area contributed by atoms with Gasteiger partial charge >= 0.3 is 0 Å². The molecule has 0 fully saturated rings. The molecule has 0 bridgehead atoms. The van der Waals surface area contributed by atoms with Crippen molar-refractivity contribution in [2.45, 2.75) is 0 Å². The molecule has 25 heavy (non-hydrogen) atoms. The van der Waals surface area contributed by atoms with E-state index in [0.717, 1.165) is 0 Å². The molecule has 2 heterocycles. The highest BCUT2D eigenvalue weighted by Crippen LogP contribution is 2.26. The van der Waals surface area contributed by atoms with Gasteiger partial charge in [0.2, 0.25) is 0 Å². The van der Waals surface area contributed by atoms with Crippen molar-refractivity contribution in [2.24, 2.45) is 0 Å². The molecule has 1 N–H and O–H groups in total. The van der Waals surface area contributed by atoms with E-state index in [2.05, 4.69) is 15.4 Å². The number of amides is 2. The summed E-state index contributed by atoms with van der Waals surface area (Å²) in [5, 5.41) is 6.18. The minimum absolute atomic E-state index is 0.253. The molecule has 0 atom stereocenters. The average molecular weight is 334 g/mol. The molecule has 0 radical (unpaired) electrons. The summed E-state index contributed by atoms with van der Waals surface area (Å²) in [5.74, 6) is -1.45. The van der Waals surface area contributed by atoms with Crippen LogP contribution in [0.5, 0.6) is 0 Å². The molecule has 6 nitrogen and oxygen atoms in total. The van der Waals surface area contributed by atoms with Gasteiger partial charge in [-0.25, -0.2) is 14.1 Å². The van der Waals surface area contributed by atoms with Crippen LogP contribution >= 0.6 is 0 Å². The van der Waals surface area contributed by atoms with E-state index in [4.69, 9.17) is 0 Å². The third kappa shape index (κ3) is 2.61. The molecular weight excluding hydrogens is 323 g/mol. The van der Waals surface area contributed by atoms with E-state index in [9.17, 15) is 14.0 Å². The van der Waals surface area contributed by atoms with Crippen molar-refractivity contribution < 1.29 is 14.0 Å². The number of fused-ring (bicyclic) bond motifs is 1. The fourth-order valence-corrected chi connectivity index (χ4v) is 2.72. The highest BCUT2D eigenvalue weighted by Gasteiger charge is 2.26. The lowest BCUT2D eigenvalue weighted by Crippen LogP contribution is -2.36. The maximum atomic E-state index is 14.4. The van der Waals surface area contributed by atoms with Crippen LogP contribution in [0.15, 0.2) is 55.1 Å². The van der Waals surface area contributed by atoms with E-state index in [1.807, 2.05) is 0 Å². The van der Waals surface area contributed by atoms with Crippen molar-refractivity contribution in [3.63, 3.8) is 0 Å². The molecule has 0 aliphatic carbocycles. The molecular formula is C18H11FN4O2. The lowest BCUT2D eigenvalue weighted by atomic mass is 9.93. The first-order valence-corrected chi connectivity index (χ1v) is 7.45. The van der Waals surface area contributed by atoms with E-state index in [0.29, 0.717) is 22.3 Å². The second-order valence-electron chi connectivity index (χ2n) is 5.44. The summed E-state index contributed by atoms with van der Waals surface area (Å²) in [4.78, 5) is 27.9. The van der Waals surface area contributed by atoms with Crippen LogP contribution in [0.2, 0.25) is 0 Å². The molecule has 4 rings (SSSR count). The number of carbonyl (C=O) groups excluding carboxylic acids is 2. The number of carbonyl (C=O) groups is 2. The first-order valence-electron chi connectivity index (χ1n) is 7.45. The Morgan fingerprint density at radius 2 is 1.84 bits per heavy atom. The van der Waals surface area contributed by atoms with Gasteiger partial charge in [-0.05, 0) is 35.4 Å². The Kier molecular flexibility index (Phi) is 3.46. The lowest BCUT2D eigenvalue weighted by molar-refractivity contribution is -0.114.